The number of anilines is 1. The molecule has 0 atom stereocenters. The lowest BCUT2D eigenvalue weighted by molar-refractivity contribution is -0.671. The van der Waals surface area contributed by atoms with Gasteiger partial charge in [-0.25, -0.2) is 9.25 Å². The van der Waals surface area contributed by atoms with Crippen molar-refractivity contribution in [2.24, 2.45) is 17.3 Å². The zero-order chi connectivity index (χ0) is 16.9. The fraction of sp³-hybridized carbons (Fsp3) is 0.176. The Bertz CT molecular complexity index is 871. The topological polar surface area (TPSA) is 92.7 Å². The van der Waals surface area contributed by atoms with E-state index in [1.165, 1.54) is 0 Å². The highest BCUT2D eigenvalue weighted by Crippen LogP contribution is 2.26. The van der Waals surface area contributed by atoms with Crippen LogP contribution in [0.15, 0.2) is 65.2 Å². The van der Waals surface area contributed by atoms with E-state index in [2.05, 4.69) is 15.3 Å². The van der Waals surface area contributed by atoms with E-state index < -0.39 is 0 Å². The maximum absolute atomic E-state index is 9.32. The normalized spacial score (nSPS) is 11.2. The number of hydrogen-bond acceptors (Lipinski definition) is 5. The van der Waals surface area contributed by atoms with Gasteiger partial charge in [0.15, 0.2) is 12.4 Å². The molecule has 0 amide bonds. The van der Waals surface area contributed by atoms with Crippen LogP contribution in [0.25, 0.3) is 0 Å². The summed E-state index contributed by atoms with van der Waals surface area (Å²) in [5.74, 6) is 0.451. The molecule has 0 spiro atoms. The maximum atomic E-state index is 9.32. The van der Waals surface area contributed by atoms with Crippen LogP contribution in [0.4, 0.5) is 17.2 Å². The molecule has 7 heteroatoms. The molecule has 0 bridgehead atoms. The van der Waals surface area contributed by atoms with Crippen molar-refractivity contribution in [3.8, 4) is 0 Å². The van der Waals surface area contributed by atoms with E-state index >= 15 is 0 Å². The number of nitrogens with two attached hydrogens (primary N) is 1. The van der Waals surface area contributed by atoms with Gasteiger partial charge in [-0.2, -0.15) is 5.10 Å². The van der Waals surface area contributed by atoms with Crippen molar-refractivity contribution in [1.29, 1.82) is 0 Å². The Morgan fingerprint density at radius 3 is 2.75 bits per heavy atom. The van der Waals surface area contributed by atoms with Crippen molar-refractivity contribution in [2.45, 2.75) is 13.2 Å². The number of nitrogens with zero attached hydrogens (tertiary/aromatic N) is 5. The third kappa shape index (κ3) is 3.47. The van der Waals surface area contributed by atoms with Gasteiger partial charge in [0.1, 0.15) is 18.6 Å². The van der Waals surface area contributed by atoms with Gasteiger partial charge in [0.2, 0.25) is 0 Å². The number of azo groups is 1. The molecular weight excluding hydrogens is 304 g/mol. The van der Waals surface area contributed by atoms with Crippen LogP contribution in [0.3, 0.4) is 0 Å². The van der Waals surface area contributed by atoms with Gasteiger partial charge >= 0.3 is 0 Å². The largest absolute Gasteiger partial charge is 0.392 e. The standard InChI is InChI=1S/C17H19N6O/c1-22-8-4-5-13(10-22)11-23-17(18)16(9-19-23)21-20-15-7-3-2-6-14(15)12-24/h2-10,24H,11-12,18H2,1H3/q+1. The predicted octanol–water partition coefficient (Wildman–Crippen LogP) is 2.25. The van der Waals surface area contributed by atoms with Crippen molar-refractivity contribution in [2.75, 3.05) is 5.73 Å². The first-order chi connectivity index (χ1) is 11.7. The minimum Gasteiger partial charge on any atom is -0.392 e. The number of hydrogen-bond donors (Lipinski definition) is 2. The lowest BCUT2D eigenvalue weighted by Gasteiger charge is -2.03. The fourth-order valence-corrected chi connectivity index (χ4v) is 2.35. The molecule has 0 saturated carbocycles. The van der Waals surface area contributed by atoms with Gasteiger partial charge in [0, 0.05) is 17.2 Å². The Hall–Kier alpha value is -3.06. The highest BCUT2D eigenvalue weighted by molar-refractivity contribution is 5.57. The molecule has 0 aliphatic carbocycles. The summed E-state index contributed by atoms with van der Waals surface area (Å²) in [6.07, 6.45) is 5.57. The molecule has 24 heavy (non-hydrogen) atoms. The Kier molecular flexibility index (Phi) is 4.62. The van der Waals surface area contributed by atoms with Crippen molar-refractivity contribution in [3.05, 3.63) is 66.1 Å². The highest BCUT2D eigenvalue weighted by atomic mass is 16.3. The summed E-state index contributed by atoms with van der Waals surface area (Å²) in [4.78, 5) is 0. The third-order valence-corrected chi connectivity index (χ3v) is 3.62. The number of rotatable bonds is 5. The predicted molar refractivity (Wildman–Crippen MR) is 89.9 cm³/mol. The second kappa shape index (κ2) is 7.01. The molecule has 2 heterocycles. The summed E-state index contributed by atoms with van der Waals surface area (Å²) in [6, 6.07) is 11.3. The van der Waals surface area contributed by atoms with Crippen molar-refractivity contribution >= 4 is 17.2 Å². The van der Waals surface area contributed by atoms with E-state index in [9.17, 15) is 5.11 Å². The van der Waals surface area contributed by atoms with Gasteiger partial charge in [-0.05, 0) is 12.1 Å². The van der Waals surface area contributed by atoms with E-state index in [0.29, 0.717) is 29.3 Å². The molecule has 0 aliphatic heterocycles. The number of aryl methyl sites for hydroxylation is 1. The van der Waals surface area contributed by atoms with E-state index in [1.807, 2.05) is 48.3 Å². The van der Waals surface area contributed by atoms with Crippen LogP contribution >= 0.6 is 0 Å². The van der Waals surface area contributed by atoms with Gasteiger partial charge in [-0.15, -0.1) is 10.2 Å². The zero-order valence-corrected chi connectivity index (χ0v) is 13.4. The first kappa shape index (κ1) is 15.8. The quantitative estimate of drug-likeness (QED) is 0.557. The van der Waals surface area contributed by atoms with Crippen molar-refractivity contribution in [1.82, 2.24) is 9.78 Å². The number of aliphatic hydroxyl groups is 1. The summed E-state index contributed by atoms with van der Waals surface area (Å²) in [7, 11) is 1.97. The third-order valence-electron chi connectivity index (χ3n) is 3.62. The average Bonchev–Trinajstić information content (AvgIpc) is 2.93. The summed E-state index contributed by atoms with van der Waals surface area (Å²) in [5.41, 5.74) is 9.03. The lowest BCUT2D eigenvalue weighted by atomic mass is 10.2. The SMILES string of the molecule is C[n+]1cccc(Cn2ncc(N=Nc3ccccc3CO)c2N)c1. The molecule has 0 fully saturated rings. The van der Waals surface area contributed by atoms with E-state index in [4.69, 9.17) is 5.73 Å². The van der Waals surface area contributed by atoms with Gasteiger partial charge in [-0.3, -0.25) is 0 Å². The molecule has 0 saturated heterocycles. The summed E-state index contributed by atoms with van der Waals surface area (Å²) < 4.78 is 3.66. The molecule has 122 valence electrons. The van der Waals surface area contributed by atoms with E-state index in [0.717, 1.165) is 5.56 Å². The number of aliphatic hydroxyl groups excluding tert-OH is 1. The van der Waals surface area contributed by atoms with Crippen LogP contribution in [0.5, 0.6) is 0 Å². The molecule has 0 unspecified atom stereocenters. The second-order valence-corrected chi connectivity index (χ2v) is 5.44. The Morgan fingerprint density at radius 2 is 1.96 bits per heavy atom. The van der Waals surface area contributed by atoms with Crippen LogP contribution < -0.4 is 10.3 Å². The van der Waals surface area contributed by atoms with E-state index in [1.54, 1.807) is 23.0 Å². The molecule has 1 aromatic carbocycles. The average molecular weight is 323 g/mol. The summed E-state index contributed by atoms with van der Waals surface area (Å²) >= 11 is 0. The van der Waals surface area contributed by atoms with Gasteiger partial charge in [-0.1, -0.05) is 18.2 Å². The molecule has 7 nitrogen and oxygen atoms in total. The fourth-order valence-electron chi connectivity index (χ4n) is 2.35. The molecule has 0 radical (unpaired) electrons. The van der Waals surface area contributed by atoms with Crippen LogP contribution in [0, 0.1) is 0 Å². The van der Waals surface area contributed by atoms with Crippen LogP contribution in [-0.4, -0.2) is 14.9 Å². The first-order valence-corrected chi connectivity index (χ1v) is 7.53. The summed E-state index contributed by atoms with van der Waals surface area (Å²) in [6.45, 7) is 0.470. The van der Waals surface area contributed by atoms with Gasteiger partial charge < -0.3 is 10.8 Å². The van der Waals surface area contributed by atoms with E-state index in [-0.39, 0.29) is 6.61 Å². The number of nitrogen functional groups attached to an aromatic ring is 1. The monoisotopic (exact) mass is 323 g/mol. The molecule has 0 aliphatic rings. The highest BCUT2D eigenvalue weighted by Gasteiger charge is 2.09. The Labute approximate surface area is 139 Å². The molecule has 3 rings (SSSR count). The number of pyridine rings is 1. The molecule has 3 aromatic rings. The zero-order valence-electron chi connectivity index (χ0n) is 13.4. The minimum atomic E-state index is -0.0883. The van der Waals surface area contributed by atoms with Crippen molar-refractivity contribution in [3.63, 3.8) is 0 Å². The van der Waals surface area contributed by atoms with Crippen LogP contribution in [0.2, 0.25) is 0 Å². The lowest BCUT2D eigenvalue weighted by Crippen LogP contribution is -2.27. The second-order valence-electron chi connectivity index (χ2n) is 5.44. The first-order valence-electron chi connectivity index (χ1n) is 7.53. The molecular formula is C17H19N6O+. The van der Waals surface area contributed by atoms with Crippen LogP contribution in [0.1, 0.15) is 11.1 Å². The smallest absolute Gasteiger partial charge is 0.173 e. The number of aromatic nitrogens is 3. The Morgan fingerprint density at radius 1 is 1.17 bits per heavy atom. The minimum absolute atomic E-state index is 0.0883. The molecule has 2 aromatic heterocycles. The van der Waals surface area contributed by atoms with Crippen molar-refractivity contribution < 1.29 is 9.67 Å². The van der Waals surface area contributed by atoms with Gasteiger partial charge in [0.25, 0.3) is 0 Å². The summed E-state index contributed by atoms with van der Waals surface area (Å²) in [5, 5.41) is 21.9. The van der Waals surface area contributed by atoms with Gasteiger partial charge in [0.05, 0.1) is 25.0 Å². The molecule has 3 N–H and O–H groups in total. The maximum Gasteiger partial charge on any atom is 0.173 e. The number of benzene rings is 1. The van der Waals surface area contributed by atoms with Crippen LogP contribution in [-0.2, 0) is 20.2 Å². The Balaban J connectivity index is 1.81.